The normalized spacial score (nSPS) is 15.4. The van der Waals surface area contributed by atoms with Gasteiger partial charge in [0.25, 0.3) is 0 Å². The van der Waals surface area contributed by atoms with Crippen molar-refractivity contribution in [1.82, 2.24) is 10.6 Å². The van der Waals surface area contributed by atoms with Gasteiger partial charge in [0.2, 0.25) is 5.91 Å². The number of ether oxygens (including phenoxy) is 2. The first-order valence-corrected chi connectivity index (χ1v) is 6.86. The van der Waals surface area contributed by atoms with Crippen LogP contribution in [-0.4, -0.2) is 39.3 Å². The summed E-state index contributed by atoms with van der Waals surface area (Å²) < 4.78 is 10.5. The number of carbonyl (C=O) groups is 1. The Bertz CT molecular complexity index is 478. The number of halogens is 1. The van der Waals surface area contributed by atoms with Gasteiger partial charge in [-0.05, 0) is 31.0 Å². The second-order valence-corrected chi connectivity index (χ2v) is 5.16. The van der Waals surface area contributed by atoms with E-state index in [9.17, 15) is 4.79 Å². The van der Waals surface area contributed by atoms with E-state index < -0.39 is 0 Å². The summed E-state index contributed by atoms with van der Waals surface area (Å²) in [7, 11) is 3.24. The molecule has 118 valence electrons. The van der Waals surface area contributed by atoms with Crippen molar-refractivity contribution in [3.63, 3.8) is 0 Å². The van der Waals surface area contributed by atoms with Crippen LogP contribution in [0.4, 0.5) is 0 Å². The van der Waals surface area contributed by atoms with Crippen molar-refractivity contribution in [1.29, 1.82) is 0 Å². The summed E-state index contributed by atoms with van der Waals surface area (Å²) in [6.45, 7) is 3.59. The Kier molecular flexibility index (Phi) is 6.78. The molecule has 1 atom stereocenters. The molecule has 2 rings (SSSR count). The van der Waals surface area contributed by atoms with Crippen LogP contribution in [0, 0.1) is 5.92 Å². The lowest BCUT2D eigenvalue weighted by molar-refractivity contribution is -0.127. The summed E-state index contributed by atoms with van der Waals surface area (Å²) in [5.41, 5.74) is 1.11. The third-order valence-corrected chi connectivity index (χ3v) is 3.53. The third-order valence-electron chi connectivity index (χ3n) is 3.53. The van der Waals surface area contributed by atoms with Gasteiger partial charge in [0.15, 0.2) is 11.5 Å². The van der Waals surface area contributed by atoms with Crippen LogP contribution >= 0.6 is 12.4 Å². The van der Waals surface area contributed by atoms with Crippen LogP contribution in [0.1, 0.15) is 12.5 Å². The number of benzene rings is 1. The first kappa shape index (κ1) is 17.6. The summed E-state index contributed by atoms with van der Waals surface area (Å²) in [6, 6.07) is 5.93. The lowest BCUT2D eigenvalue weighted by Gasteiger charge is -2.27. The standard InChI is InChI=1S/C15H22N2O3.ClH/c1-10(17-15(18)12-8-16-9-12)6-11-4-5-13(19-2)14(7-11)20-3;/h4-5,7,10,12,16H,6,8-9H2,1-3H3,(H,17,18);1H. The predicted octanol–water partition coefficient (Wildman–Crippen LogP) is 1.39. The van der Waals surface area contributed by atoms with E-state index in [1.54, 1.807) is 14.2 Å². The number of methoxy groups -OCH3 is 2. The van der Waals surface area contributed by atoms with Crippen molar-refractivity contribution in [2.45, 2.75) is 19.4 Å². The highest BCUT2D eigenvalue weighted by Gasteiger charge is 2.25. The highest BCUT2D eigenvalue weighted by molar-refractivity contribution is 5.85. The Morgan fingerprint density at radius 2 is 2.00 bits per heavy atom. The maximum absolute atomic E-state index is 11.9. The fraction of sp³-hybridized carbons (Fsp3) is 0.533. The van der Waals surface area contributed by atoms with Gasteiger partial charge in [-0.2, -0.15) is 0 Å². The van der Waals surface area contributed by atoms with E-state index in [0.29, 0.717) is 11.5 Å². The fourth-order valence-corrected chi connectivity index (χ4v) is 2.25. The molecule has 1 aromatic carbocycles. The van der Waals surface area contributed by atoms with E-state index in [4.69, 9.17) is 9.47 Å². The molecule has 0 spiro atoms. The summed E-state index contributed by atoms with van der Waals surface area (Å²) in [6.07, 6.45) is 0.770. The minimum Gasteiger partial charge on any atom is -0.493 e. The van der Waals surface area contributed by atoms with Crippen LogP contribution in [0.5, 0.6) is 11.5 Å². The van der Waals surface area contributed by atoms with Gasteiger partial charge < -0.3 is 20.1 Å². The highest BCUT2D eigenvalue weighted by atomic mass is 35.5. The van der Waals surface area contributed by atoms with Crippen LogP contribution in [0.3, 0.4) is 0 Å². The number of rotatable bonds is 6. The minimum absolute atomic E-state index is 0. The Hall–Kier alpha value is -1.46. The molecule has 5 nitrogen and oxygen atoms in total. The second-order valence-electron chi connectivity index (χ2n) is 5.16. The number of nitrogens with one attached hydrogen (secondary N) is 2. The first-order valence-electron chi connectivity index (χ1n) is 6.86. The van der Waals surface area contributed by atoms with Crippen molar-refractivity contribution in [2.75, 3.05) is 27.3 Å². The molecule has 0 aliphatic carbocycles. The van der Waals surface area contributed by atoms with Crippen LogP contribution in [0.15, 0.2) is 18.2 Å². The van der Waals surface area contributed by atoms with Crippen LogP contribution in [-0.2, 0) is 11.2 Å². The van der Waals surface area contributed by atoms with Crippen molar-refractivity contribution in [2.24, 2.45) is 5.92 Å². The zero-order valence-corrected chi connectivity index (χ0v) is 13.5. The maximum Gasteiger partial charge on any atom is 0.225 e. The molecule has 6 heteroatoms. The van der Waals surface area contributed by atoms with Crippen molar-refractivity contribution in [3.8, 4) is 11.5 Å². The molecule has 1 amide bonds. The van der Waals surface area contributed by atoms with Gasteiger partial charge in [-0.25, -0.2) is 0 Å². The summed E-state index contributed by atoms with van der Waals surface area (Å²) in [4.78, 5) is 11.9. The quantitative estimate of drug-likeness (QED) is 0.833. The molecule has 2 N–H and O–H groups in total. The van der Waals surface area contributed by atoms with Crippen molar-refractivity contribution >= 4 is 18.3 Å². The fourth-order valence-electron chi connectivity index (χ4n) is 2.25. The zero-order valence-electron chi connectivity index (χ0n) is 12.6. The monoisotopic (exact) mass is 314 g/mol. The molecule has 1 saturated heterocycles. The van der Waals surface area contributed by atoms with E-state index in [2.05, 4.69) is 10.6 Å². The van der Waals surface area contributed by atoms with Gasteiger partial charge in [-0.15, -0.1) is 12.4 Å². The van der Waals surface area contributed by atoms with Gasteiger partial charge in [0, 0.05) is 19.1 Å². The SMILES string of the molecule is COc1ccc(CC(C)NC(=O)C2CNC2)cc1OC.Cl. The molecule has 0 saturated carbocycles. The zero-order chi connectivity index (χ0) is 14.5. The number of amides is 1. The molecule has 0 aromatic heterocycles. The number of carbonyl (C=O) groups excluding carboxylic acids is 1. The Balaban J connectivity index is 0.00000220. The van der Waals surface area contributed by atoms with Crippen LogP contribution < -0.4 is 20.1 Å². The lowest BCUT2D eigenvalue weighted by Crippen LogP contribution is -2.52. The summed E-state index contributed by atoms with van der Waals surface area (Å²) >= 11 is 0. The average molecular weight is 315 g/mol. The van der Waals surface area contributed by atoms with E-state index >= 15 is 0 Å². The molecular formula is C15H23ClN2O3. The van der Waals surface area contributed by atoms with Crippen LogP contribution in [0.2, 0.25) is 0 Å². The van der Waals surface area contributed by atoms with Gasteiger partial charge in [-0.3, -0.25) is 4.79 Å². The largest absolute Gasteiger partial charge is 0.493 e. The predicted molar refractivity (Wildman–Crippen MR) is 84.5 cm³/mol. The molecule has 1 aliphatic heterocycles. The summed E-state index contributed by atoms with van der Waals surface area (Å²) in [5, 5.41) is 6.15. The topological polar surface area (TPSA) is 59.6 Å². The van der Waals surface area contributed by atoms with Gasteiger partial charge in [0.1, 0.15) is 0 Å². The smallest absolute Gasteiger partial charge is 0.225 e. The lowest BCUT2D eigenvalue weighted by atomic mass is 10.0. The Labute approximate surface area is 131 Å². The second kappa shape index (κ2) is 8.10. The first-order chi connectivity index (χ1) is 9.63. The third kappa shape index (κ3) is 4.51. The summed E-state index contributed by atoms with van der Waals surface area (Å²) in [5.74, 6) is 1.69. The molecule has 1 heterocycles. The highest BCUT2D eigenvalue weighted by Crippen LogP contribution is 2.27. The van der Waals surface area contributed by atoms with E-state index in [0.717, 1.165) is 25.1 Å². The van der Waals surface area contributed by atoms with Gasteiger partial charge >= 0.3 is 0 Å². The van der Waals surface area contributed by atoms with E-state index in [1.807, 2.05) is 25.1 Å². The molecule has 1 aliphatic rings. The molecule has 1 aromatic rings. The Morgan fingerprint density at radius 3 is 2.52 bits per heavy atom. The van der Waals surface area contributed by atoms with Crippen molar-refractivity contribution in [3.05, 3.63) is 23.8 Å². The van der Waals surface area contributed by atoms with Crippen LogP contribution in [0.25, 0.3) is 0 Å². The van der Waals surface area contributed by atoms with E-state index in [-0.39, 0.29) is 30.3 Å². The molecule has 1 fully saturated rings. The molecule has 0 bridgehead atoms. The average Bonchev–Trinajstić information content (AvgIpc) is 2.36. The van der Waals surface area contributed by atoms with Gasteiger partial charge in [-0.1, -0.05) is 6.07 Å². The molecule has 1 unspecified atom stereocenters. The maximum atomic E-state index is 11.9. The van der Waals surface area contributed by atoms with Gasteiger partial charge in [0.05, 0.1) is 20.1 Å². The van der Waals surface area contributed by atoms with Crippen molar-refractivity contribution < 1.29 is 14.3 Å². The van der Waals surface area contributed by atoms with E-state index in [1.165, 1.54) is 0 Å². The number of hydrogen-bond donors (Lipinski definition) is 2. The molecule has 21 heavy (non-hydrogen) atoms. The minimum atomic E-state index is 0. The molecular weight excluding hydrogens is 292 g/mol. The number of hydrogen-bond acceptors (Lipinski definition) is 4. The Morgan fingerprint density at radius 1 is 1.33 bits per heavy atom. The molecule has 0 radical (unpaired) electrons.